The minimum atomic E-state index is -4.60. The third-order valence-corrected chi connectivity index (χ3v) is 6.27. The molecule has 0 aromatic heterocycles. The molecule has 1 aromatic rings. The zero-order chi connectivity index (χ0) is 21.5. The van der Waals surface area contributed by atoms with E-state index in [1.54, 1.807) is 6.92 Å². The predicted octanol–water partition coefficient (Wildman–Crippen LogP) is 5.37. The van der Waals surface area contributed by atoms with Crippen LogP contribution in [0.25, 0.3) is 0 Å². The number of alkyl halides is 3. The summed E-state index contributed by atoms with van der Waals surface area (Å²) in [6, 6.07) is 5.20. The quantitative estimate of drug-likeness (QED) is 0.619. The number of allylic oxidation sites excluding steroid dienone is 2. The van der Waals surface area contributed by atoms with Gasteiger partial charge in [-0.25, -0.2) is 0 Å². The highest BCUT2D eigenvalue weighted by Crippen LogP contribution is 2.47. The van der Waals surface area contributed by atoms with Gasteiger partial charge in [0.15, 0.2) is 5.78 Å². The molecule has 4 rings (SSSR count). The number of ketones is 1. The Morgan fingerprint density at radius 1 is 1.10 bits per heavy atom. The normalized spacial score (nSPS) is 25.2. The molecule has 0 amide bonds. The van der Waals surface area contributed by atoms with E-state index in [9.17, 15) is 22.8 Å². The summed E-state index contributed by atoms with van der Waals surface area (Å²) >= 11 is 0. The maximum atomic E-state index is 13.8. The van der Waals surface area contributed by atoms with Gasteiger partial charge in [0.1, 0.15) is 12.0 Å². The maximum Gasteiger partial charge on any atom is 0.416 e. The lowest BCUT2D eigenvalue weighted by molar-refractivity contribution is -0.152. The Balaban J connectivity index is 1.83. The second-order valence-corrected chi connectivity index (χ2v) is 8.27. The SMILES string of the molecule is CC1=NC2=C(C(=O)CCC2)[C@H](c2ccccc2C(F)(F)F)C1C(=O)OC1CCCC1. The van der Waals surface area contributed by atoms with Crippen molar-refractivity contribution >= 4 is 17.5 Å². The number of ether oxygens (including phenoxy) is 1. The number of Topliss-reactive ketones (excluding diaryl/α,β-unsaturated/α-hetero) is 1. The van der Waals surface area contributed by atoms with Gasteiger partial charge in [-0.15, -0.1) is 0 Å². The first-order valence-corrected chi connectivity index (χ1v) is 10.5. The van der Waals surface area contributed by atoms with Gasteiger partial charge in [0.2, 0.25) is 0 Å². The van der Waals surface area contributed by atoms with E-state index in [1.807, 2.05) is 0 Å². The number of hydrogen-bond donors (Lipinski definition) is 0. The van der Waals surface area contributed by atoms with Crippen LogP contribution in [0.15, 0.2) is 40.5 Å². The third-order valence-electron chi connectivity index (χ3n) is 6.27. The predicted molar refractivity (Wildman–Crippen MR) is 105 cm³/mol. The van der Waals surface area contributed by atoms with Crippen molar-refractivity contribution in [1.82, 2.24) is 0 Å². The first-order valence-electron chi connectivity index (χ1n) is 10.5. The van der Waals surface area contributed by atoms with E-state index in [2.05, 4.69) is 4.99 Å². The maximum absolute atomic E-state index is 13.8. The molecule has 1 saturated carbocycles. The summed E-state index contributed by atoms with van der Waals surface area (Å²) in [6.07, 6.45) is -0.00187. The molecule has 1 aromatic carbocycles. The molecule has 0 bridgehead atoms. The number of carbonyl (C=O) groups excluding carboxylic acids is 2. The molecule has 160 valence electrons. The van der Waals surface area contributed by atoms with Crippen LogP contribution in [0.1, 0.15) is 68.9 Å². The van der Waals surface area contributed by atoms with Gasteiger partial charge in [0.05, 0.1) is 5.56 Å². The first-order chi connectivity index (χ1) is 14.3. The van der Waals surface area contributed by atoms with Crippen molar-refractivity contribution in [2.75, 3.05) is 0 Å². The van der Waals surface area contributed by atoms with Crippen LogP contribution >= 0.6 is 0 Å². The van der Waals surface area contributed by atoms with Crippen molar-refractivity contribution in [3.63, 3.8) is 0 Å². The molecule has 7 heteroatoms. The standard InChI is InChI=1S/C23H24F3NO3/c1-13-19(22(29)30-14-7-2-3-8-14)20(21-17(27-13)11-6-12-18(21)28)15-9-4-5-10-16(15)23(24,25)26/h4-5,9-10,14,19-20H,2-3,6-8,11-12H2,1H3/t19?,20-/m1/s1. The fourth-order valence-electron chi connectivity index (χ4n) is 4.92. The summed E-state index contributed by atoms with van der Waals surface area (Å²) in [4.78, 5) is 30.5. The van der Waals surface area contributed by atoms with Gasteiger partial charge >= 0.3 is 12.1 Å². The van der Waals surface area contributed by atoms with Crippen molar-refractivity contribution in [3.05, 3.63) is 46.7 Å². The van der Waals surface area contributed by atoms with E-state index in [4.69, 9.17) is 4.74 Å². The topological polar surface area (TPSA) is 55.7 Å². The average Bonchev–Trinajstić information content (AvgIpc) is 3.19. The van der Waals surface area contributed by atoms with E-state index in [1.165, 1.54) is 18.2 Å². The van der Waals surface area contributed by atoms with Crippen LogP contribution in [0, 0.1) is 5.92 Å². The van der Waals surface area contributed by atoms with Gasteiger partial charge in [-0.1, -0.05) is 18.2 Å². The fourth-order valence-corrected chi connectivity index (χ4v) is 4.92. The number of carbonyl (C=O) groups is 2. The molecule has 0 radical (unpaired) electrons. The van der Waals surface area contributed by atoms with E-state index in [-0.39, 0.29) is 29.4 Å². The van der Waals surface area contributed by atoms with Gasteiger partial charge < -0.3 is 4.74 Å². The Labute approximate surface area is 173 Å². The van der Waals surface area contributed by atoms with Crippen LogP contribution in [-0.2, 0) is 20.5 Å². The average molecular weight is 419 g/mol. The van der Waals surface area contributed by atoms with Gasteiger partial charge in [0.25, 0.3) is 0 Å². The number of esters is 1. The molecule has 1 unspecified atom stereocenters. The first kappa shape index (κ1) is 20.8. The van der Waals surface area contributed by atoms with Crippen molar-refractivity contribution in [1.29, 1.82) is 0 Å². The summed E-state index contributed by atoms with van der Waals surface area (Å²) in [5, 5.41) is 0. The number of nitrogens with zero attached hydrogens (tertiary/aromatic N) is 1. The van der Waals surface area contributed by atoms with Crippen LogP contribution in [0.5, 0.6) is 0 Å². The summed E-state index contributed by atoms with van der Waals surface area (Å²) in [6.45, 7) is 1.65. The Hall–Kier alpha value is -2.44. The van der Waals surface area contributed by atoms with Gasteiger partial charge in [-0.05, 0) is 57.1 Å². The fraction of sp³-hybridized carbons (Fsp3) is 0.522. The molecule has 1 fully saturated rings. The summed E-state index contributed by atoms with van der Waals surface area (Å²) < 4.78 is 47.2. The molecule has 1 aliphatic heterocycles. The van der Waals surface area contributed by atoms with Gasteiger partial charge in [-0.3, -0.25) is 14.6 Å². The smallest absolute Gasteiger partial charge is 0.416 e. The minimum Gasteiger partial charge on any atom is -0.462 e. The molecule has 0 spiro atoms. The van der Waals surface area contributed by atoms with Crippen LogP contribution in [0.3, 0.4) is 0 Å². The molecular weight excluding hydrogens is 395 g/mol. The lowest BCUT2D eigenvalue weighted by atomic mass is 9.70. The largest absolute Gasteiger partial charge is 0.462 e. The van der Waals surface area contributed by atoms with Gasteiger partial charge in [-0.2, -0.15) is 13.2 Å². The monoisotopic (exact) mass is 419 g/mol. The lowest BCUT2D eigenvalue weighted by Crippen LogP contribution is -2.39. The Kier molecular flexibility index (Phi) is 5.55. The van der Waals surface area contributed by atoms with E-state index < -0.39 is 29.5 Å². The van der Waals surface area contributed by atoms with E-state index in [0.29, 0.717) is 24.3 Å². The highest BCUT2D eigenvalue weighted by atomic mass is 19.4. The number of hydrogen-bond acceptors (Lipinski definition) is 4. The molecule has 3 aliphatic rings. The van der Waals surface area contributed by atoms with Gasteiger partial charge in [0, 0.05) is 29.3 Å². The molecule has 30 heavy (non-hydrogen) atoms. The number of aliphatic imine (C=N–C) groups is 1. The Morgan fingerprint density at radius 3 is 2.50 bits per heavy atom. The molecule has 0 saturated heterocycles. The zero-order valence-electron chi connectivity index (χ0n) is 16.8. The third kappa shape index (κ3) is 3.82. The number of benzene rings is 1. The highest BCUT2D eigenvalue weighted by molar-refractivity contribution is 6.09. The number of halogens is 3. The van der Waals surface area contributed by atoms with Crippen LogP contribution in [0.4, 0.5) is 13.2 Å². The second kappa shape index (κ2) is 8.00. The van der Waals surface area contributed by atoms with Crippen LogP contribution < -0.4 is 0 Å². The Morgan fingerprint density at radius 2 is 1.80 bits per heavy atom. The van der Waals surface area contributed by atoms with Crippen molar-refractivity contribution in [2.45, 2.75) is 70.1 Å². The molecule has 1 heterocycles. The summed E-state index contributed by atoms with van der Waals surface area (Å²) in [5.41, 5.74) is 0.282. The van der Waals surface area contributed by atoms with E-state index in [0.717, 1.165) is 31.7 Å². The minimum absolute atomic E-state index is 0.0598. The van der Waals surface area contributed by atoms with Crippen molar-refractivity contribution in [2.24, 2.45) is 10.9 Å². The number of rotatable bonds is 3. The van der Waals surface area contributed by atoms with Crippen LogP contribution in [-0.4, -0.2) is 23.6 Å². The molecular formula is C23H24F3NO3. The van der Waals surface area contributed by atoms with Crippen molar-refractivity contribution < 1.29 is 27.5 Å². The highest BCUT2D eigenvalue weighted by Gasteiger charge is 2.47. The lowest BCUT2D eigenvalue weighted by Gasteiger charge is -2.36. The second-order valence-electron chi connectivity index (χ2n) is 8.27. The van der Waals surface area contributed by atoms with Crippen molar-refractivity contribution in [3.8, 4) is 0 Å². The molecule has 0 N–H and O–H groups in total. The van der Waals surface area contributed by atoms with E-state index >= 15 is 0 Å². The molecule has 2 aliphatic carbocycles. The van der Waals surface area contributed by atoms with Crippen LogP contribution in [0.2, 0.25) is 0 Å². The summed E-state index contributed by atoms with van der Waals surface area (Å²) in [7, 11) is 0. The Bertz CT molecular complexity index is 926. The zero-order valence-corrected chi connectivity index (χ0v) is 16.8. The summed E-state index contributed by atoms with van der Waals surface area (Å²) in [5.74, 6) is -2.88. The molecule has 2 atom stereocenters. The molecule has 4 nitrogen and oxygen atoms in total.